The van der Waals surface area contributed by atoms with Crippen molar-refractivity contribution in [1.29, 1.82) is 0 Å². The van der Waals surface area contributed by atoms with Crippen molar-refractivity contribution < 1.29 is 9.59 Å². The van der Waals surface area contributed by atoms with Gasteiger partial charge in [0.1, 0.15) is 9.88 Å². The van der Waals surface area contributed by atoms with Gasteiger partial charge >= 0.3 is 0 Å². The van der Waals surface area contributed by atoms with Crippen LogP contribution in [-0.4, -0.2) is 29.9 Å². The molecule has 0 fully saturated rings. The summed E-state index contributed by atoms with van der Waals surface area (Å²) in [5.41, 5.74) is 8.29. The van der Waals surface area contributed by atoms with Crippen molar-refractivity contribution in [1.82, 2.24) is 15.8 Å². The minimum atomic E-state index is -0.368. The second kappa shape index (κ2) is 8.22. The number of hydrogen-bond donors (Lipinski definition) is 2. The van der Waals surface area contributed by atoms with Crippen LogP contribution in [0.1, 0.15) is 21.7 Å². The highest BCUT2D eigenvalue weighted by molar-refractivity contribution is 7.16. The molecule has 7 heteroatoms. The third-order valence-electron chi connectivity index (χ3n) is 4.61. The number of hydrogen-bond acceptors (Lipinski definition) is 5. The number of carbonyl (C=O) groups excluding carboxylic acids is 2. The highest BCUT2D eigenvalue weighted by Gasteiger charge is 2.19. The van der Waals surface area contributed by atoms with Crippen molar-refractivity contribution in [2.45, 2.75) is 12.8 Å². The van der Waals surface area contributed by atoms with Gasteiger partial charge in [-0.1, -0.05) is 48.5 Å². The van der Waals surface area contributed by atoms with Crippen molar-refractivity contribution in [2.24, 2.45) is 0 Å². The van der Waals surface area contributed by atoms with Gasteiger partial charge in [-0.05, 0) is 24.5 Å². The molecule has 4 rings (SSSR count). The van der Waals surface area contributed by atoms with E-state index in [4.69, 9.17) is 0 Å². The number of carbonyl (C=O) groups is 2. The summed E-state index contributed by atoms with van der Waals surface area (Å²) in [6.45, 7) is 1.03. The molecule has 2 heterocycles. The normalized spacial score (nSPS) is 12.9. The van der Waals surface area contributed by atoms with E-state index in [0.29, 0.717) is 4.88 Å². The van der Waals surface area contributed by atoms with Gasteiger partial charge < -0.3 is 4.90 Å². The second-order valence-corrected chi connectivity index (χ2v) is 7.58. The molecule has 0 spiro atoms. The Kier molecular flexibility index (Phi) is 5.34. The van der Waals surface area contributed by atoms with Crippen molar-refractivity contribution in [3.05, 3.63) is 71.2 Å². The summed E-state index contributed by atoms with van der Waals surface area (Å²) in [4.78, 5) is 31.4. The molecular formula is C21H20N4O2S. The van der Waals surface area contributed by atoms with E-state index in [9.17, 15) is 9.59 Å². The number of benzene rings is 2. The number of para-hydroxylation sites is 1. The van der Waals surface area contributed by atoms with E-state index in [2.05, 4.69) is 21.9 Å². The lowest BCUT2D eigenvalue weighted by molar-refractivity contribution is -0.120. The van der Waals surface area contributed by atoms with Crippen LogP contribution in [0.2, 0.25) is 0 Å². The average molecular weight is 392 g/mol. The molecule has 0 saturated carbocycles. The molecule has 2 aromatic carbocycles. The lowest BCUT2D eigenvalue weighted by Crippen LogP contribution is -2.47. The van der Waals surface area contributed by atoms with E-state index in [1.165, 1.54) is 23.1 Å². The van der Waals surface area contributed by atoms with Gasteiger partial charge in [0, 0.05) is 17.8 Å². The van der Waals surface area contributed by atoms with Crippen molar-refractivity contribution in [2.75, 3.05) is 18.0 Å². The zero-order chi connectivity index (χ0) is 19.3. The Bertz CT molecular complexity index is 987. The molecule has 6 nitrogen and oxygen atoms in total. The predicted octanol–water partition coefficient (Wildman–Crippen LogP) is 3.02. The van der Waals surface area contributed by atoms with Crippen LogP contribution in [0.4, 0.5) is 5.69 Å². The fourth-order valence-electron chi connectivity index (χ4n) is 3.27. The van der Waals surface area contributed by atoms with Gasteiger partial charge in [-0.15, -0.1) is 11.3 Å². The Morgan fingerprint density at radius 3 is 2.68 bits per heavy atom. The number of amides is 2. The molecule has 0 atom stereocenters. The van der Waals surface area contributed by atoms with Crippen LogP contribution in [0.15, 0.2) is 60.8 Å². The number of nitrogens with one attached hydrogen (secondary N) is 2. The van der Waals surface area contributed by atoms with Crippen LogP contribution in [0.5, 0.6) is 0 Å². The monoisotopic (exact) mass is 392 g/mol. The molecular weight excluding hydrogens is 372 g/mol. The summed E-state index contributed by atoms with van der Waals surface area (Å²) in [5, 5.41) is 0.766. The van der Waals surface area contributed by atoms with Crippen LogP contribution in [0.25, 0.3) is 10.6 Å². The van der Waals surface area contributed by atoms with E-state index in [0.717, 1.165) is 35.6 Å². The number of hydrazine groups is 1. The van der Waals surface area contributed by atoms with Gasteiger partial charge in [0.25, 0.3) is 11.8 Å². The lowest BCUT2D eigenvalue weighted by atomic mass is 10.0. The van der Waals surface area contributed by atoms with Crippen LogP contribution >= 0.6 is 11.3 Å². The number of thiazole rings is 1. The van der Waals surface area contributed by atoms with E-state index in [1.807, 2.05) is 53.4 Å². The fourth-order valence-corrected chi connectivity index (χ4v) is 4.09. The molecule has 1 aromatic heterocycles. The summed E-state index contributed by atoms with van der Waals surface area (Å²) < 4.78 is 0. The molecule has 1 aliphatic rings. The maximum Gasteiger partial charge on any atom is 0.281 e. The van der Waals surface area contributed by atoms with E-state index in [-0.39, 0.29) is 18.4 Å². The maximum atomic E-state index is 12.3. The lowest BCUT2D eigenvalue weighted by Gasteiger charge is -2.30. The number of aromatic nitrogens is 1. The molecule has 3 aromatic rings. The van der Waals surface area contributed by atoms with Crippen LogP contribution in [-0.2, 0) is 11.2 Å². The zero-order valence-electron chi connectivity index (χ0n) is 15.2. The number of fused-ring (bicyclic) bond motifs is 1. The van der Waals surface area contributed by atoms with Crippen molar-refractivity contribution in [3.63, 3.8) is 0 Å². The molecule has 28 heavy (non-hydrogen) atoms. The molecule has 2 amide bonds. The third-order valence-corrected chi connectivity index (χ3v) is 5.65. The third kappa shape index (κ3) is 4.04. The minimum Gasteiger partial charge on any atom is -0.362 e. The van der Waals surface area contributed by atoms with E-state index in [1.54, 1.807) is 0 Å². The van der Waals surface area contributed by atoms with Gasteiger partial charge in [0.2, 0.25) is 0 Å². The van der Waals surface area contributed by atoms with Gasteiger partial charge in [-0.25, -0.2) is 4.98 Å². The van der Waals surface area contributed by atoms with E-state index >= 15 is 0 Å². The van der Waals surface area contributed by atoms with Gasteiger partial charge in [-0.3, -0.25) is 20.4 Å². The maximum absolute atomic E-state index is 12.3. The quantitative estimate of drug-likeness (QED) is 0.670. The summed E-state index contributed by atoms with van der Waals surface area (Å²) >= 11 is 1.29. The number of anilines is 1. The molecule has 142 valence electrons. The second-order valence-electron chi connectivity index (χ2n) is 6.55. The SMILES string of the molecule is O=C(CN1CCCc2ccccc21)NNC(=O)c1cnc(-c2ccccc2)s1. The Hall–Kier alpha value is -3.19. The first kappa shape index (κ1) is 18.2. The number of aryl methyl sites for hydroxylation is 1. The Morgan fingerprint density at radius 2 is 1.82 bits per heavy atom. The summed E-state index contributed by atoms with van der Waals surface area (Å²) in [7, 11) is 0. The first-order chi connectivity index (χ1) is 13.7. The molecule has 0 bridgehead atoms. The molecule has 2 N–H and O–H groups in total. The van der Waals surface area contributed by atoms with E-state index < -0.39 is 0 Å². The van der Waals surface area contributed by atoms with Crippen LogP contribution < -0.4 is 15.8 Å². The number of nitrogens with zero attached hydrogens (tertiary/aromatic N) is 2. The summed E-state index contributed by atoms with van der Waals surface area (Å²) in [6, 6.07) is 17.8. The minimum absolute atomic E-state index is 0.204. The molecule has 1 aliphatic heterocycles. The molecule has 0 unspecified atom stereocenters. The number of rotatable bonds is 4. The molecule has 0 aliphatic carbocycles. The Balaban J connectivity index is 1.33. The average Bonchev–Trinajstić information content (AvgIpc) is 3.23. The van der Waals surface area contributed by atoms with Crippen molar-refractivity contribution >= 4 is 28.8 Å². The van der Waals surface area contributed by atoms with Crippen molar-refractivity contribution in [3.8, 4) is 10.6 Å². The summed E-state index contributed by atoms with van der Waals surface area (Å²) in [5.74, 6) is -0.620. The highest BCUT2D eigenvalue weighted by atomic mass is 32.1. The molecule has 0 saturated heterocycles. The fraction of sp³-hybridized carbons (Fsp3) is 0.190. The standard InChI is InChI=1S/C21H20N4O2S/c26-19(14-25-12-6-10-15-7-4-5-11-17(15)25)23-24-20(27)18-13-22-21(28-18)16-8-2-1-3-9-16/h1-5,7-9,11,13H,6,10,12,14H2,(H,23,26)(H,24,27). The van der Waals surface area contributed by atoms with Crippen LogP contribution in [0.3, 0.4) is 0 Å². The first-order valence-electron chi connectivity index (χ1n) is 9.14. The topological polar surface area (TPSA) is 74.3 Å². The zero-order valence-corrected chi connectivity index (χ0v) is 16.0. The predicted molar refractivity (Wildman–Crippen MR) is 110 cm³/mol. The van der Waals surface area contributed by atoms with Crippen LogP contribution in [0, 0.1) is 0 Å². The largest absolute Gasteiger partial charge is 0.362 e. The van der Waals surface area contributed by atoms with Gasteiger partial charge in [0.05, 0.1) is 12.7 Å². The Labute approximate surface area is 167 Å². The van der Waals surface area contributed by atoms with Gasteiger partial charge in [-0.2, -0.15) is 0 Å². The Morgan fingerprint density at radius 1 is 1.04 bits per heavy atom. The first-order valence-corrected chi connectivity index (χ1v) is 9.95. The highest BCUT2D eigenvalue weighted by Crippen LogP contribution is 2.26. The summed E-state index contributed by atoms with van der Waals surface area (Å²) in [6.07, 6.45) is 3.56. The smallest absolute Gasteiger partial charge is 0.281 e. The van der Waals surface area contributed by atoms with Gasteiger partial charge in [0.15, 0.2) is 0 Å². The molecule has 0 radical (unpaired) electrons.